The molecule has 1 N–H and O–H groups in total. The van der Waals surface area contributed by atoms with Crippen molar-refractivity contribution >= 4 is 44.6 Å². The fourth-order valence-electron chi connectivity index (χ4n) is 4.08. The Bertz CT molecular complexity index is 1560. The number of carbonyl (C=O) groups is 1. The maximum atomic E-state index is 15.1. The maximum Gasteiger partial charge on any atom is 0.257 e. The van der Waals surface area contributed by atoms with Gasteiger partial charge in [0, 0.05) is 39.0 Å². The Morgan fingerprint density at radius 1 is 1.09 bits per heavy atom. The van der Waals surface area contributed by atoms with Crippen molar-refractivity contribution in [3.63, 3.8) is 0 Å². The molecule has 3 heterocycles. The van der Waals surface area contributed by atoms with E-state index in [9.17, 15) is 13.2 Å². The highest BCUT2D eigenvalue weighted by Crippen LogP contribution is 2.37. The van der Waals surface area contributed by atoms with Gasteiger partial charge in [-0.25, -0.2) is 22.3 Å². The molecule has 0 bridgehead atoms. The van der Waals surface area contributed by atoms with Gasteiger partial charge in [0.1, 0.15) is 11.4 Å². The number of halogens is 3. The molecule has 1 saturated heterocycles. The molecule has 1 amide bonds. The molecule has 0 spiro atoms. The third-order valence-electron chi connectivity index (χ3n) is 5.69. The molecule has 1 atom stereocenters. The van der Waals surface area contributed by atoms with Gasteiger partial charge in [0.05, 0.1) is 23.4 Å². The Balaban J connectivity index is 1.66. The normalized spacial score (nSPS) is 17.2. The molecule has 2 aromatic carbocycles. The van der Waals surface area contributed by atoms with Crippen LogP contribution in [0, 0.1) is 5.82 Å². The van der Waals surface area contributed by atoms with Gasteiger partial charge in [0.2, 0.25) is 0 Å². The summed E-state index contributed by atoms with van der Waals surface area (Å²) >= 11 is 12.4. The minimum Gasteiger partial charge on any atom is -0.348 e. The monoisotopic (exact) mass is 518 g/mol. The van der Waals surface area contributed by atoms with Gasteiger partial charge in [-0.1, -0.05) is 41.4 Å². The lowest BCUT2D eigenvalue weighted by Crippen LogP contribution is -2.35. The molecule has 7 nitrogen and oxygen atoms in total. The highest BCUT2D eigenvalue weighted by atomic mass is 35.5. The predicted molar refractivity (Wildman–Crippen MR) is 128 cm³/mol. The molecule has 34 heavy (non-hydrogen) atoms. The van der Waals surface area contributed by atoms with E-state index in [0.717, 1.165) is 0 Å². The number of aromatic nitrogens is 3. The fraction of sp³-hybridized carbons (Fsp3) is 0.174. The van der Waals surface area contributed by atoms with Gasteiger partial charge >= 0.3 is 0 Å². The molecule has 4 aromatic rings. The molecule has 0 saturated carbocycles. The van der Waals surface area contributed by atoms with Crippen LogP contribution in [0.25, 0.3) is 28.0 Å². The van der Waals surface area contributed by atoms with E-state index in [-0.39, 0.29) is 33.3 Å². The lowest BCUT2D eigenvalue weighted by atomic mass is 10.00. The van der Waals surface area contributed by atoms with Crippen LogP contribution in [0.4, 0.5) is 4.39 Å². The van der Waals surface area contributed by atoms with Gasteiger partial charge in [-0.15, -0.1) is 0 Å². The number of benzene rings is 2. The molecule has 1 unspecified atom stereocenters. The molecule has 11 heteroatoms. The maximum absolute atomic E-state index is 15.1. The first-order valence-corrected chi connectivity index (χ1v) is 12.9. The van der Waals surface area contributed by atoms with E-state index in [0.29, 0.717) is 28.3 Å². The van der Waals surface area contributed by atoms with Crippen LogP contribution in [-0.4, -0.2) is 46.5 Å². The average Bonchev–Trinajstić information content (AvgIpc) is 3.36. The third-order valence-corrected chi connectivity index (χ3v) is 8.02. The smallest absolute Gasteiger partial charge is 0.257 e. The minimum absolute atomic E-state index is 0.0339. The summed E-state index contributed by atoms with van der Waals surface area (Å²) < 4.78 is 39.9. The summed E-state index contributed by atoms with van der Waals surface area (Å²) in [5, 5.41) is 7.74. The molecule has 1 fully saturated rings. The number of fused-ring (bicyclic) bond motifs is 1. The average molecular weight is 519 g/mol. The Morgan fingerprint density at radius 3 is 2.59 bits per heavy atom. The van der Waals surface area contributed by atoms with Crippen molar-refractivity contribution in [1.29, 1.82) is 0 Å². The minimum atomic E-state index is -3.16. The first-order valence-electron chi connectivity index (χ1n) is 10.3. The quantitative estimate of drug-likeness (QED) is 0.431. The summed E-state index contributed by atoms with van der Waals surface area (Å²) in [5.41, 5.74) is 2.00. The second kappa shape index (κ2) is 8.65. The van der Waals surface area contributed by atoms with Crippen LogP contribution < -0.4 is 5.32 Å². The van der Waals surface area contributed by atoms with Crippen LogP contribution in [-0.2, 0) is 9.84 Å². The molecule has 0 radical (unpaired) electrons. The molecule has 2 aromatic heterocycles. The first-order chi connectivity index (χ1) is 16.2. The molecule has 1 aliphatic heterocycles. The van der Waals surface area contributed by atoms with Crippen LogP contribution in [0.15, 0.2) is 54.9 Å². The number of carbonyl (C=O) groups excluding carboxylic acids is 1. The number of amides is 1. The molecule has 0 aliphatic carbocycles. The van der Waals surface area contributed by atoms with Gasteiger partial charge < -0.3 is 5.32 Å². The van der Waals surface area contributed by atoms with Gasteiger partial charge in [0.15, 0.2) is 15.5 Å². The number of hydrogen-bond acceptors (Lipinski definition) is 5. The van der Waals surface area contributed by atoms with Crippen molar-refractivity contribution in [2.24, 2.45) is 0 Å². The fourth-order valence-corrected chi connectivity index (χ4v) is 6.15. The molecular formula is C23H17Cl2FN4O3S. The Hall–Kier alpha value is -3.01. The number of nitrogens with zero attached hydrogens (tertiary/aromatic N) is 3. The van der Waals surface area contributed by atoms with Crippen molar-refractivity contribution in [3.05, 3.63) is 76.3 Å². The topological polar surface area (TPSA) is 93.4 Å². The summed E-state index contributed by atoms with van der Waals surface area (Å²) in [7, 11) is -3.16. The zero-order valence-corrected chi connectivity index (χ0v) is 19.8. The summed E-state index contributed by atoms with van der Waals surface area (Å²) in [6.07, 6.45) is 3.19. The van der Waals surface area contributed by atoms with Gasteiger partial charge in [-0.3, -0.25) is 4.79 Å². The van der Waals surface area contributed by atoms with Gasteiger partial charge in [-0.05, 0) is 30.7 Å². The second-order valence-electron chi connectivity index (χ2n) is 7.99. The summed E-state index contributed by atoms with van der Waals surface area (Å²) in [5.74, 6) is -1.15. The highest BCUT2D eigenvalue weighted by molar-refractivity contribution is 7.91. The number of nitrogens with one attached hydrogen (secondary N) is 1. The number of hydrogen-bond donors (Lipinski definition) is 1. The molecule has 5 rings (SSSR count). The van der Waals surface area contributed by atoms with Crippen molar-refractivity contribution in [2.45, 2.75) is 12.5 Å². The van der Waals surface area contributed by atoms with Crippen molar-refractivity contribution in [1.82, 2.24) is 19.9 Å². The van der Waals surface area contributed by atoms with Crippen LogP contribution in [0.5, 0.6) is 0 Å². The van der Waals surface area contributed by atoms with Gasteiger partial charge in [0.25, 0.3) is 5.91 Å². The largest absolute Gasteiger partial charge is 0.348 e. The number of rotatable bonds is 4. The molecular weight excluding hydrogens is 502 g/mol. The predicted octanol–water partition coefficient (Wildman–Crippen LogP) is 4.43. The summed E-state index contributed by atoms with van der Waals surface area (Å²) in [6.45, 7) is 0. The van der Waals surface area contributed by atoms with Crippen molar-refractivity contribution < 1.29 is 17.6 Å². The van der Waals surface area contributed by atoms with Crippen molar-refractivity contribution in [3.8, 4) is 22.4 Å². The summed E-state index contributed by atoms with van der Waals surface area (Å²) in [4.78, 5) is 17.4. The standard InChI is InChI=1S/C23H17Cl2FN4O3S/c24-13-5-6-16(20(26)9-13)21-17(15-3-1-2-4-19(15)25)10-27-22-18(11-28-30(21)22)23(31)29-14-7-8-34(32,33)12-14/h1-6,9-11,14H,7-8,12H2,(H,29,31). The lowest BCUT2D eigenvalue weighted by molar-refractivity contribution is 0.0942. The second-order valence-corrected chi connectivity index (χ2v) is 11.1. The van der Waals surface area contributed by atoms with Crippen LogP contribution in [0.1, 0.15) is 16.8 Å². The Morgan fingerprint density at radius 2 is 1.88 bits per heavy atom. The zero-order valence-electron chi connectivity index (χ0n) is 17.5. The summed E-state index contributed by atoms with van der Waals surface area (Å²) in [6, 6.07) is 10.9. The van der Waals surface area contributed by atoms with Crippen LogP contribution in [0.2, 0.25) is 10.0 Å². The van der Waals surface area contributed by atoms with E-state index in [1.165, 1.54) is 29.0 Å². The van der Waals surface area contributed by atoms with E-state index in [4.69, 9.17) is 23.2 Å². The highest BCUT2D eigenvalue weighted by Gasteiger charge is 2.30. The third kappa shape index (κ3) is 4.15. The SMILES string of the molecule is O=C(NC1CCS(=O)(=O)C1)c1cnn2c(-c3ccc(Cl)cc3F)c(-c3ccccc3Cl)cnc12. The van der Waals surface area contributed by atoms with Crippen LogP contribution in [0.3, 0.4) is 0 Å². The number of sulfone groups is 1. The Labute approximate surface area is 204 Å². The lowest BCUT2D eigenvalue weighted by Gasteiger charge is -2.14. The first kappa shape index (κ1) is 22.8. The van der Waals surface area contributed by atoms with Crippen LogP contribution >= 0.6 is 23.2 Å². The zero-order chi connectivity index (χ0) is 24.0. The van der Waals surface area contributed by atoms with E-state index in [1.54, 1.807) is 30.3 Å². The van der Waals surface area contributed by atoms with E-state index in [1.807, 2.05) is 0 Å². The Kier molecular flexibility index (Phi) is 5.79. The van der Waals surface area contributed by atoms with Crippen molar-refractivity contribution in [2.75, 3.05) is 11.5 Å². The van der Waals surface area contributed by atoms with E-state index < -0.39 is 27.6 Å². The molecule has 1 aliphatic rings. The van der Waals surface area contributed by atoms with E-state index >= 15 is 4.39 Å². The van der Waals surface area contributed by atoms with E-state index in [2.05, 4.69) is 15.4 Å². The van der Waals surface area contributed by atoms with Gasteiger partial charge in [-0.2, -0.15) is 5.10 Å². The molecule has 174 valence electrons.